The third-order valence-electron chi connectivity index (χ3n) is 4.96. The summed E-state index contributed by atoms with van der Waals surface area (Å²) in [6.45, 7) is 5.30. The minimum absolute atomic E-state index is 0.000256. The average molecular weight is 441 g/mol. The largest absolute Gasteiger partial charge is 0.350 e. The van der Waals surface area contributed by atoms with Gasteiger partial charge in [0.1, 0.15) is 11.3 Å². The highest BCUT2D eigenvalue weighted by Crippen LogP contribution is 2.36. The van der Waals surface area contributed by atoms with Crippen molar-refractivity contribution in [1.29, 1.82) is 0 Å². The quantitative estimate of drug-likeness (QED) is 0.306. The molecule has 4 nitrogen and oxygen atoms in total. The fraction of sp³-hybridized carbons (Fsp3) is 0.167. The van der Waals surface area contributed by atoms with Gasteiger partial charge in [-0.1, -0.05) is 30.3 Å². The number of carbonyl (C=O) groups is 1. The molecule has 8 heteroatoms. The molecule has 3 aromatic carbocycles. The average Bonchev–Trinajstić information content (AvgIpc) is 3.15. The number of aromatic amines is 1. The molecule has 0 fully saturated rings. The minimum Gasteiger partial charge on any atom is -0.350 e. The number of hydrogen-bond donors (Lipinski definition) is 2. The monoisotopic (exact) mass is 441 g/mol. The molecule has 4 rings (SSSR count). The van der Waals surface area contributed by atoms with Gasteiger partial charge in [0.05, 0.1) is 22.2 Å². The van der Waals surface area contributed by atoms with E-state index in [1.165, 1.54) is 24.3 Å². The van der Waals surface area contributed by atoms with Gasteiger partial charge in [-0.05, 0) is 44.0 Å². The second-order valence-corrected chi connectivity index (χ2v) is 7.79. The van der Waals surface area contributed by atoms with E-state index >= 15 is 0 Å². The normalized spacial score (nSPS) is 11.4. The number of halogens is 4. The molecule has 0 aliphatic carbocycles. The lowest BCUT2D eigenvalue weighted by atomic mass is 10.0. The van der Waals surface area contributed by atoms with Gasteiger partial charge < -0.3 is 10.3 Å². The first-order valence-electron chi connectivity index (χ1n) is 9.92. The van der Waals surface area contributed by atoms with Crippen molar-refractivity contribution in [3.05, 3.63) is 76.9 Å². The summed E-state index contributed by atoms with van der Waals surface area (Å²) >= 11 is 0. The predicted octanol–water partition coefficient (Wildman–Crippen LogP) is 5.90. The Balaban J connectivity index is 1.93. The Hall–Kier alpha value is -3.68. The van der Waals surface area contributed by atoms with Gasteiger partial charge in [-0.25, -0.2) is 22.5 Å². The Morgan fingerprint density at radius 3 is 2.12 bits per heavy atom. The fourth-order valence-electron chi connectivity index (χ4n) is 3.59. The second-order valence-electron chi connectivity index (χ2n) is 7.79. The number of rotatable bonds is 4. The van der Waals surface area contributed by atoms with Crippen LogP contribution < -0.4 is 5.32 Å². The van der Waals surface area contributed by atoms with Crippen molar-refractivity contribution < 1.29 is 22.4 Å². The number of aromatic nitrogens is 2. The van der Waals surface area contributed by atoms with Gasteiger partial charge in [-0.2, -0.15) is 0 Å². The standard InChI is InChI=1S/C24H19F4N3O/c1-11(2)29-24(32)14-9-12(3)10-15-22(14)31-23(30-15)17-20(27)18(25)16(19(26)21(17)28)13-7-5-4-6-8-13/h4-11H,1-3H3,(H,29,32)(H,30,31). The highest BCUT2D eigenvalue weighted by atomic mass is 19.2. The molecule has 0 radical (unpaired) electrons. The maximum absolute atomic E-state index is 15.0. The number of nitrogens with one attached hydrogen (secondary N) is 2. The van der Waals surface area contributed by atoms with Crippen LogP contribution in [-0.4, -0.2) is 21.9 Å². The molecule has 0 spiro atoms. The fourth-order valence-corrected chi connectivity index (χ4v) is 3.59. The number of H-pyrrole nitrogens is 1. The van der Waals surface area contributed by atoms with Gasteiger partial charge in [-0.3, -0.25) is 4.79 Å². The van der Waals surface area contributed by atoms with Crippen LogP contribution >= 0.6 is 0 Å². The number of nitrogens with zero attached hydrogens (tertiary/aromatic N) is 1. The highest BCUT2D eigenvalue weighted by Gasteiger charge is 2.29. The molecule has 164 valence electrons. The second kappa shape index (κ2) is 8.11. The highest BCUT2D eigenvalue weighted by molar-refractivity contribution is 6.06. The predicted molar refractivity (Wildman–Crippen MR) is 114 cm³/mol. The maximum atomic E-state index is 15.0. The zero-order chi connectivity index (χ0) is 23.2. The van der Waals surface area contributed by atoms with Crippen LogP contribution in [0.25, 0.3) is 33.5 Å². The third kappa shape index (κ3) is 3.62. The molecule has 0 aliphatic rings. The van der Waals surface area contributed by atoms with Crippen molar-refractivity contribution in [1.82, 2.24) is 15.3 Å². The van der Waals surface area contributed by atoms with Gasteiger partial charge in [0.15, 0.2) is 23.3 Å². The van der Waals surface area contributed by atoms with Crippen LogP contribution in [0, 0.1) is 30.2 Å². The Kier molecular flexibility index (Phi) is 5.46. The summed E-state index contributed by atoms with van der Waals surface area (Å²) in [4.78, 5) is 19.4. The summed E-state index contributed by atoms with van der Waals surface area (Å²) in [5.74, 6) is -7.06. The number of amides is 1. The van der Waals surface area contributed by atoms with Crippen molar-refractivity contribution in [2.24, 2.45) is 0 Å². The van der Waals surface area contributed by atoms with Crippen LogP contribution in [0.15, 0.2) is 42.5 Å². The van der Waals surface area contributed by atoms with E-state index < -0.39 is 46.1 Å². The molecule has 0 saturated carbocycles. The van der Waals surface area contributed by atoms with Crippen molar-refractivity contribution >= 4 is 16.9 Å². The first kappa shape index (κ1) is 21.5. The lowest BCUT2D eigenvalue weighted by Gasteiger charge is -2.11. The summed E-state index contributed by atoms with van der Waals surface area (Å²) in [5.41, 5.74) is -0.453. The molecule has 1 amide bonds. The number of imidazole rings is 1. The topological polar surface area (TPSA) is 57.8 Å². The number of hydrogen-bond acceptors (Lipinski definition) is 2. The minimum atomic E-state index is -1.58. The van der Waals surface area contributed by atoms with Crippen LogP contribution in [0.3, 0.4) is 0 Å². The molecule has 1 heterocycles. The number of benzene rings is 3. The zero-order valence-electron chi connectivity index (χ0n) is 17.5. The van der Waals surface area contributed by atoms with Gasteiger partial charge >= 0.3 is 0 Å². The zero-order valence-corrected chi connectivity index (χ0v) is 17.5. The summed E-state index contributed by atoms with van der Waals surface area (Å²) in [7, 11) is 0. The van der Waals surface area contributed by atoms with E-state index in [2.05, 4.69) is 15.3 Å². The first-order valence-corrected chi connectivity index (χ1v) is 9.92. The molecular formula is C24H19F4N3O. The summed E-state index contributed by atoms with van der Waals surface area (Å²) in [5, 5.41) is 2.73. The van der Waals surface area contributed by atoms with Crippen molar-refractivity contribution in [3.8, 4) is 22.5 Å². The van der Waals surface area contributed by atoms with E-state index in [4.69, 9.17) is 0 Å². The van der Waals surface area contributed by atoms with Crippen LogP contribution in [0.5, 0.6) is 0 Å². The molecule has 0 bridgehead atoms. The third-order valence-corrected chi connectivity index (χ3v) is 4.96. The summed E-state index contributed by atoms with van der Waals surface area (Å²) in [6, 6.07) is 10.4. The van der Waals surface area contributed by atoms with Gasteiger partial charge in [-0.15, -0.1) is 0 Å². The Labute approximate surface area is 181 Å². The van der Waals surface area contributed by atoms with E-state index in [0.717, 1.165) is 0 Å². The van der Waals surface area contributed by atoms with Crippen molar-refractivity contribution in [2.75, 3.05) is 0 Å². The smallest absolute Gasteiger partial charge is 0.253 e. The number of carbonyl (C=O) groups excluding carboxylic acids is 1. The SMILES string of the molecule is Cc1cc(C(=O)NC(C)C)c2nc(-c3c(F)c(F)c(-c4ccccc4)c(F)c3F)[nH]c2c1. The lowest BCUT2D eigenvalue weighted by molar-refractivity contribution is 0.0944. The maximum Gasteiger partial charge on any atom is 0.253 e. The van der Waals surface area contributed by atoms with Gasteiger partial charge in [0, 0.05) is 6.04 Å². The Morgan fingerprint density at radius 1 is 0.938 bits per heavy atom. The van der Waals surface area contributed by atoms with E-state index in [1.54, 1.807) is 39.0 Å². The van der Waals surface area contributed by atoms with E-state index in [0.29, 0.717) is 11.1 Å². The van der Waals surface area contributed by atoms with Gasteiger partial charge in [0.25, 0.3) is 5.91 Å². The lowest BCUT2D eigenvalue weighted by Crippen LogP contribution is -2.30. The van der Waals surface area contributed by atoms with Crippen LogP contribution in [0.1, 0.15) is 29.8 Å². The Bertz CT molecular complexity index is 1320. The molecule has 32 heavy (non-hydrogen) atoms. The molecule has 1 aromatic heterocycles. The van der Waals surface area contributed by atoms with Crippen molar-refractivity contribution in [2.45, 2.75) is 26.8 Å². The molecule has 0 aliphatic heterocycles. The van der Waals surface area contributed by atoms with Crippen LogP contribution in [-0.2, 0) is 0 Å². The molecule has 0 atom stereocenters. The summed E-state index contributed by atoms with van der Waals surface area (Å²) in [6.07, 6.45) is 0. The molecule has 4 aromatic rings. The molecule has 0 saturated heterocycles. The number of aryl methyl sites for hydroxylation is 1. The number of fused-ring (bicyclic) bond motifs is 1. The van der Waals surface area contributed by atoms with Gasteiger partial charge in [0.2, 0.25) is 0 Å². The first-order chi connectivity index (χ1) is 15.2. The van der Waals surface area contributed by atoms with E-state index in [9.17, 15) is 22.4 Å². The van der Waals surface area contributed by atoms with Crippen LogP contribution in [0.2, 0.25) is 0 Å². The summed E-state index contributed by atoms with van der Waals surface area (Å²) < 4.78 is 59.7. The molecule has 0 unspecified atom stereocenters. The van der Waals surface area contributed by atoms with Crippen LogP contribution in [0.4, 0.5) is 17.6 Å². The van der Waals surface area contributed by atoms with E-state index in [-0.39, 0.29) is 22.7 Å². The van der Waals surface area contributed by atoms with E-state index in [1.807, 2.05) is 0 Å². The van der Waals surface area contributed by atoms with Crippen molar-refractivity contribution in [3.63, 3.8) is 0 Å². The Morgan fingerprint density at radius 2 is 1.53 bits per heavy atom. The molecular weight excluding hydrogens is 422 g/mol. The molecule has 2 N–H and O–H groups in total.